The molecule has 5 nitrogen and oxygen atoms in total. The molecule has 0 spiro atoms. The zero-order valence-corrected chi connectivity index (χ0v) is 17.9. The molecule has 0 aliphatic carbocycles. The Morgan fingerprint density at radius 1 is 1.00 bits per heavy atom. The number of nitrogens with one attached hydrogen (secondary N) is 1. The number of ketones is 1. The van der Waals surface area contributed by atoms with Crippen LogP contribution >= 0.6 is 23.2 Å². The first-order valence-corrected chi connectivity index (χ1v) is 9.84. The van der Waals surface area contributed by atoms with Crippen molar-refractivity contribution in [3.8, 4) is 11.8 Å². The van der Waals surface area contributed by atoms with E-state index in [4.69, 9.17) is 27.9 Å². The molecule has 0 saturated heterocycles. The summed E-state index contributed by atoms with van der Waals surface area (Å²) in [6, 6.07) is 20.0. The van der Waals surface area contributed by atoms with Crippen LogP contribution in [-0.2, 0) is 0 Å². The van der Waals surface area contributed by atoms with Gasteiger partial charge in [-0.3, -0.25) is 9.59 Å². The lowest BCUT2D eigenvalue weighted by molar-refractivity contribution is 0.102. The fraction of sp³-hybridized carbons (Fsp3) is 0.0417. The lowest BCUT2D eigenvalue weighted by Crippen LogP contribution is -2.11. The van der Waals surface area contributed by atoms with Crippen LogP contribution < -0.4 is 10.1 Å². The number of halogens is 2. The van der Waals surface area contributed by atoms with E-state index in [2.05, 4.69) is 5.32 Å². The van der Waals surface area contributed by atoms with Crippen molar-refractivity contribution in [2.45, 2.75) is 0 Å². The van der Waals surface area contributed by atoms with Gasteiger partial charge in [0.1, 0.15) is 17.4 Å². The largest absolute Gasteiger partial charge is 0.497 e. The molecule has 0 atom stereocenters. The minimum Gasteiger partial charge on any atom is -0.497 e. The summed E-state index contributed by atoms with van der Waals surface area (Å²) in [5.41, 5.74) is 1.47. The quantitative estimate of drug-likeness (QED) is 0.281. The van der Waals surface area contributed by atoms with E-state index in [0.29, 0.717) is 22.6 Å². The van der Waals surface area contributed by atoms with E-state index in [0.717, 1.165) is 0 Å². The molecule has 7 heteroatoms. The Morgan fingerprint density at radius 2 is 1.65 bits per heavy atom. The molecule has 0 heterocycles. The van der Waals surface area contributed by atoms with E-state index in [1.165, 1.54) is 18.2 Å². The van der Waals surface area contributed by atoms with E-state index in [1.807, 2.05) is 6.07 Å². The average molecular weight is 451 g/mol. The van der Waals surface area contributed by atoms with E-state index < -0.39 is 5.78 Å². The maximum atomic E-state index is 12.8. The summed E-state index contributed by atoms with van der Waals surface area (Å²) < 4.78 is 5.09. The molecule has 3 aromatic carbocycles. The Balaban J connectivity index is 1.84. The third kappa shape index (κ3) is 5.32. The number of carbonyl (C=O) groups excluding carboxylic acids is 2. The lowest BCUT2D eigenvalue weighted by Gasteiger charge is -2.08. The van der Waals surface area contributed by atoms with Crippen molar-refractivity contribution in [2.75, 3.05) is 12.4 Å². The molecule has 3 rings (SSSR count). The maximum absolute atomic E-state index is 12.8. The van der Waals surface area contributed by atoms with Gasteiger partial charge in [-0.1, -0.05) is 41.4 Å². The van der Waals surface area contributed by atoms with Crippen LogP contribution in [0.25, 0.3) is 6.08 Å². The van der Waals surface area contributed by atoms with Gasteiger partial charge in [-0.2, -0.15) is 5.26 Å². The van der Waals surface area contributed by atoms with Crippen molar-refractivity contribution < 1.29 is 14.3 Å². The highest BCUT2D eigenvalue weighted by Crippen LogP contribution is 2.27. The number of carbonyl (C=O) groups is 2. The highest BCUT2D eigenvalue weighted by molar-refractivity contribution is 6.41. The van der Waals surface area contributed by atoms with Gasteiger partial charge >= 0.3 is 0 Å². The Kier molecular flexibility index (Phi) is 7.09. The second-order valence-electron chi connectivity index (χ2n) is 6.40. The number of benzene rings is 3. The Bertz CT molecular complexity index is 1190. The molecule has 0 radical (unpaired) electrons. The van der Waals surface area contributed by atoms with Gasteiger partial charge in [0, 0.05) is 11.3 Å². The van der Waals surface area contributed by atoms with Crippen molar-refractivity contribution in [2.24, 2.45) is 0 Å². The second-order valence-corrected chi connectivity index (χ2v) is 7.22. The van der Waals surface area contributed by atoms with Gasteiger partial charge in [0.2, 0.25) is 5.78 Å². The summed E-state index contributed by atoms with van der Waals surface area (Å²) >= 11 is 12.2. The molecule has 0 bridgehead atoms. The lowest BCUT2D eigenvalue weighted by atomic mass is 10.0. The monoisotopic (exact) mass is 450 g/mol. The number of Topliss-reactive ketones (excluding diaryl/α,β-unsaturated/α-hetero) is 1. The van der Waals surface area contributed by atoms with Crippen molar-refractivity contribution in [1.29, 1.82) is 5.26 Å². The maximum Gasteiger partial charge on any atom is 0.255 e. The Morgan fingerprint density at radius 3 is 2.26 bits per heavy atom. The summed E-state index contributed by atoms with van der Waals surface area (Å²) in [5, 5.41) is 12.6. The Labute approximate surface area is 189 Å². The van der Waals surface area contributed by atoms with E-state index in [1.54, 1.807) is 61.7 Å². The Hall–Kier alpha value is -3.59. The van der Waals surface area contributed by atoms with Crippen molar-refractivity contribution in [1.82, 2.24) is 0 Å². The third-order valence-electron chi connectivity index (χ3n) is 4.36. The van der Waals surface area contributed by atoms with Crippen LogP contribution in [0.4, 0.5) is 5.69 Å². The van der Waals surface area contributed by atoms with E-state index in [9.17, 15) is 14.9 Å². The fourth-order valence-electron chi connectivity index (χ4n) is 2.82. The minimum atomic E-state index is -0.578. The number of hydrogen-bond acceptors (Lipinski definition) is 4. The number of methoxy groups -OCH3 is 1. The highest BCUT2D eigenvalue weighted by Gasteiger charge is 2.19. The number of anilines is 1. The number of nitrogens with zero attached hydrogens (tertiary/aromatic N) is 1. The molecular weight excluding hydrogens is 435 g/mol. The fourth-order valence-corrected chi connectivity index (χ4v) is 3.39. The van der Waals surface area contributed by atoms with Crippen LogP contribution in [0.2, 0.25) is 10.0 Å². The van der Waals surface area contributed by atoms with Crippen LogP contribution in [0.5, 0.6) is 5.75 Å². The number of nitriles is 1. The van der Waals surface area contributed by atoms with Crippen LogP contribution in [0.15, 0.2) is 72.3 Å². The number of amides is 1. The van der Waals surface area contributed by atoms with Crippen LogP contribution in [-0.4, -0.2) is 18.8 Å². The molecule has 0 aliphatic rings. The van der Waals surface area contributed by atoms with Gasteiger partial charge in [-0.25, -0.2) is 0 Å². The molecule has 3 aromatic rings. The van der Waals surface area contributed by atoms with Crippen LogP contribution in [0.1, 0.15) is 26.3 Å². The number of allylic oxidation sites excluding steroid dienone is 1. The van der Waals surface area contributed by atoms with Crippen molar-refractivity contribution >= 4 is 46.7 Å². The number of hydrogen-bond donors (Lipinski definition) is 1. The smallest absolute Gasteiger partial charge is 0.255 e. The van der Waals surface area contributed by atoms with Gasteiger partial charge in [0.05, 0.1) is 22.7 Å². The van der Waals surface area contributed by atoms with Crippen molar-refractivity contribution in [3.63, 3.8) is 0 Å². The SMILES string of the molecule is COc1ccc(C(=O)Nc2cccc(/C=C(\C#N)C(=O)c3c(Cl)cccc3Cl)c2)cc1. The summed E-state index contributed by atoms with van der Waals surface area (Å²) in [7, 11) is 1.55. The summed E-state index contributed by atoms with van der Waals surface area (Å²) in [6.07, 6.45) is 1.42. The predicted octanol–water partition coefficient (Wildman–Crippen LogP) is 6.04. The molecule has 154 valence electrons. The molecule has 0 aromatic heterocycles. The molecule has 0 unspecified atom stereocenters. The number of rotatable bonds is 6. The van der Waals surface area contributed by atoms with Gasteiger partial charge < -0.3 is 10.1 Å². The van der Waals surface area contributed by atoms with Crippen LogP contribution in [0, 0.1) is 11.3 Å². The first-order chi connectivity index (χ1) is 14.9. The standard InChI is InChI=1S/C24H16Cl2N2O3/c1-31-19-10-8-16(9-11-19)24(30)28-18-5-2-4-15(13-18)12-17(14-27)23(29)22-20(25)6-3-7-21(22)26/h2-13H,1H3,(H,28,30)/b17-12+. The van der Waals surface area contributed by atoms with Gasteiger partial charge in [0.15, 0.2) is 0 Å². The van der Waals surface area contributed by atoms with Gasteiger partial charge in [-0.15, -0.1) is 0 Å². The minimum absolute atomic E-state index is 0.0718. The topological polar surface area (TPSA) is 79.2 Å². The predicted molar refractivity (Wildman–Crippen MR) is 122 cm³/mol. The molecule has 0 saturated carbocycles. The molecule has 0 fully saturated rings. The molecule has 0 aliphatic heterocycles. The van der Waals surface area contributed by atoms with Crippen molar-refractivity contribution in [3.05, 3.63) is 99.0 Å². The van der Waals surface area contributed by atoms with Gasteiger partial charge in [0.25, 0.3) is 5.91 Å². The average Bonchev–Trinajstić information content (AvgIpc) is 2.77. The molecule has 1 N–H and O–H groups in total. The third-order valence-corrected chi connectivity index (χ3v) is 4.99. The zero-order chi connectivity index (χ0) is 22.4. The zero-order valence-electron chi connectivity index (χ0n) is 16.4. The molecule has 31 heavy (non-hydrogen) atoms. The summed E-state index contributed by atoms with van der Waals surface area (Å²) in [4.78, 5) is 25.3. The highest BCUT2D eigenvalue weighted by atomic mass is 35.5. The summed E-state index contributed by atoms with van der Waals surface area (Å²) in [5.74, 6) is -0.231. The second kappa shape index (κ2) is 9.94. The first kappa shape index (κ1) is 22.1. The molecular formula is C24H16Cl2N2O3. The number of ether oxygens (including phenoxy) is 1. The summed E-state index contributed by atoms with van der Waals surface area (Å²) in [6.45, 7) is 0. The normalized spacial score (nSPS) is 10.8. The van der Waals surface area contributed by atoms with E-state index >= 15 is 0 Å². The van der Waals surface area contributed by atoms with E-state index in [-0.39, 0.29) is 27.1 Å². The molecule has 1 amide bonds. The van der Waals surface area contributed by atoms with Crippen LogP contribution in [0.3, 0.4) is 0 Å². The van der Waals surface area contributed by atoms with Gasteiger partial charge in [-0.05, 0) is 60.2 Å². The first-order valence-electron chi connectivity index (χ1n) is 9.09.